The van der Waals surface area contributed by atoms with E-state index in [1.165, 1.54) is 37.7 Å². The second kappa shape index (κ2) is 11.6. The van der Waals surface area contributed by atoms with Gasteiger partial charge in [-0.1, -0.05) is 46.8 Å². The summed E-state index contributed by atoms with van der Waals surface area (Å²) in [4.78, 5) is 12.0. The zero-order chi connectivity index (χ0) is 32.7. The molecule has 0 aromatic heterocycles. The molecule has 7 nitrogen and oxygen atoms in total. The fraction of sp³-hybridized carbons (Fsp3) is 0.921. The van der Waals surface area contributed by atoms with Gasteiger partial charge in [0.25, 0.3) is 0 Å². The standard InChI is InChI=1S/C38H62O7/c1-22(2)24-11-16-38(21-43-31-19-26(41)33(42)27(20-39)45-31)18-17-36(7)25(32(24)38)9-10-29-35(6)14-13-30(44-23(3)40)34(4,5)28(35)12-15-37(29,36)8/h24-33,39,41-42H,1,9-21H2,2-8H3/t24-,25+,26+,27+,28-,29?,30+,31+,32+,33-,35-,36+,37+,38+/m0/s1. The molecule has 0 amide bonds. The van der Waals surface area contributed by atoms with E-state index < -0.39 is 24.6 Å². The monoisotopic (exact) mass is 630 g/mol. The van der Waals surface area contributed by atoms with Crippen LogP contribution in [0.2, 0.25) is 0 Å². The SMILES string of the molecule is C=C(C)[C@@H]1CC[C@]2(CO[C@H]3C[C@@H](O)[C@H](O)[C@@H](CO)O3)CC[C@]3(C)[C@H](CCC4[C@@]5(C)CC[C@@H](OC(C)=O)C(C)(C)[C@@H]5CC[C@]43C)[C@@H]12. The van der Waals surface area contributed by atoms with E-state index in [-0.39, 0.29) is 52.2 Å². The number of carbonyl (C=O) groups excluding carboxylic acids is 1. The zero-order valence-electron chi connectivity index (χ0n) is 29.1. The molecule has 0 spiro atoms. The number of fused-ring (bicyclic) bond motifs is 7. The summed E-state index contributed by atoms with van der Waals surface area (Å²) in [6, 6.07) is 0. The molecule has 7 heteroatoms. The summed E-state index contributed by atoms with van der Waals surface area (Å²) in [6.07, 6.45) is 8.30. The molecule has 6 fully saturated rings. The Morgan fingerprint density at radius 3 is 2.29 bits per heavy atom. The minimum atomic E-state index is -1.09. The number of rotatable bonds is 6. The van der Waals surface area contributed by atoms with Crippen LogP contribution in [0.25, 0.3) is 0 Å². The van der Waals surface area contributed by atoms with E-state index in [1.54, 1.807) is 6.92 Å². The second-order valence-electron chi connectivity index (χ2n) is 17.9. The van der Waals surface area contributed by atoms with Crippen molar-refractivity contribution in [2.75, 3.05) is 13.2 Å². The van der Waals surface area contributed by atoms with Crippen molar-refractivity contribution in [2.24, 2.45) is 56.7 Å². The van der Waals surface area contributed by atoms with Gasteiger partial charge in [-0.3, -0.25) is 4.79 Å². The highest BCUT2D eigenvalue weighted by Gasteiger charge is 2.71. The maximum Gasteiger partial charge on any atom is 0.302 e. The average Bonchev–Trinajstić information content (AvgIpc) is 3.35. The molecule has 3 N–H and O–H groups in total. The highest BCUT2D eigenvalue weighted by molar-refractivity contribution is 5.66. The lowest BCUT2D eigenvalue weighted by molar-refractivity contribution is -0.277. The van der Waals surface area contributed by atoms with Gasteiger partial charge in [-0.15, -0.1) is 0 Å². The minimum Gasteiger partial charge on any atom is -0.462 e. The van der Waals surface area contributed by atoms with Crippen molar-refractivity contribution in [1.29, 1.82) is 0 Å². The summed E-state index contributed by atoms with van der Waals surface area (Å²) in [6.45, 7) is 21.2. The lowest BCUT2D eigenvalue weighted by Gasteiger charge is -2.73. The van der Waals surface area contributed by atoms with Gasteiger partial charge in [0.15, 0.2) is 6.29 Å². The molecule has 1 heterocycles. The number of ether oxygens (including phenoxy) is 3. The van der Waals surface area contributed by atoms with Crippen LogP contribution >= 0.6 is 0 Å². The van der Waals surface area contributed by atoms with Gasteiger partial charge in [-0.05, 0) is 122 Å². The van der Waals surface area contributed by atoms with Crippen LogP contribution in [0, 0.1) is 56.7 Å². The van der Waals surface area contributed by atoms with Gasteiger partial charge in [0, 0.05) is 18.8 Å². The normalized spacial score (nSPS) is 52.1. The van der Waals surface area contributed by atoms with Crippen molar-refractivity contribution in [3.05, 3.63) is 12.2 Å². The number of carbonyl (C=O) groups is 1. The largest absolute Gasteiger partial charge is 0.462 e. The summed E-state index contributed by atoms with van der Waals surface area (Å²) in [7, 11) is 0. The van der Waals surface area contributed by atoms with E-state index in [2.05, 4.69) is 48.1 Å². The molecule has 0 radical (unpaired) electrons. The van der Waals surface area contributed by atoms with Crippen molar-refractivity contribution < 1.29 is 34.3 Å². The second-order valence-corrected chi connectivity index (χ2v) is 17.9. The van der Waals surface area contributed by atoms with Gasteiger partial charge in [-0.25, -0.2) is 0 Å². The van der Waals surface area contributed by atoms with Crippen LogP contribution in [-0.4, -0.2) is 65.2 Å². The molecule has 1 unspecified atom stereocenters. The van der Waals surface area contributed by atoms with Crippen LogP contribution in [-0.2, 0) is 19.0 Å². The minimum absolute atomic E-state index is 0.000329. The first kappa shape index (κ1) is 33.9. The molecule has 14 atom stereocenters. The lowest BCUT2D eigenvalue weighted by Crippen LogP contribution is -2.67. The van der Waals surface area contributed by atoms with Gasteiger partial charge < -0.3 is 29.5 Å². The fourth-order valence-electron chi connectivity index (χ4n) is 13.4. The highest BCUT2D eigenvalue weighted by Crippen LogP contribution is 2.77. The Labute approximate surface area is 271 Å². The molecule has 6 rings (SSSR count). The van der Waals surface area contributed by atoms with Gasteiger partial charge in [0.2, 0.25) is 0 Å². The first-order valence-corrected chi connectivity index (χ1v) is 18.1. The third-order valence-electron chi connectivity index (χ3n) is 15.8. The number of hydrogen-bond acceptors (Lipinski definition) is 7. The third-order valence-corrected chi connectivity index (χ3v) is 15.8. The summed E-state index contributed by atoms with van der Waals surface area (Å²) >= 11 is 0. The molecule has 5 aliphatic carbocycles. The van der Waals surface area contributed by atoms with Crippen LogP contribution in [0.15, 0.2) is 12.2 Å². The molecule has 0 aromatic rings. The zero-order valence-corrected chi connectivity index (χ0v) is 29.1. The molecule has 1 saturated heterocycles. The number of aliphatic hydroxyl groups excluding tert-OH is 3. The fourth-order valence-corrected chi connectivity index (χ4v) is 13.4. The highest BCUT2D eigenvalue weighted by atomic mass is 16.7. The number of esters is 1. The van der Waals surface area contributed by atoms with Crippen LogP contribution in [0.5, 0.6) is 0 Å². The topological polar surface area (TPSA) is 105 Å². The van der Waals surface area contributed by atoms with Gasteiger partial charge >= 0.3 is 5.97 Å². The third kappa shape index (κ3) is 5.02. The Morgan fingerprint density at radius 1 is 0.889 bits per heavy atom. The number of allylic oxidation sites excluding steroid dienone is 1. The lowest BCUT2D eigenvalue weighted by atomic mass is 9.32. The average molecular weight is 631 g/mol. The Hall–Kier alpha value is -0.990. The Morgan fingerprint density at radius 2 is 1.62 bits per heavy atom. The van der Waals surface area contributed by atoms with E-state index >= 15 is 0 Å². The van der Waals surface area contributed by atoms with Gasteiger partial charge in [0.1, 0.15) is 18.3 Å². The summed E-state index contributed by atoms with van der Waals surface area (Å²) in [5.74, 6) is 2.61. The van der Waals surface area contributed by atoms with Crippen molar-refractivity contribution in [2.45, 2.75) is 150 Å². The van der Waals surface area contributed by atoms with Crippen LogP contribution < -0.4 is 0 Å². The summed E-state index contributed by atoms with van der Waals surface area (Å²) < 4.78 is 18.4. The molecular weight excluding hydrogens is 568 g/mol. The van der Waals surface area contributed by atoms with E-state index in [9.17, 15) is 20.1 Å². The molecular formula is C38H62O7. The van der Waals surface area contributed by atoms with Crippen molar-refractivity contribution in [1.82, 2.24) is 0 Å². The molecule has 1 aliphatic heterocycles. The van der Waals surface area contributed by atoms with E-state index in [0.717, 1.165) is 32.1 Å². The van der Waals surface area contributed by atoms with Gasteiger partial charge in [-0.2, -0.15) is 0 Å². The van der Waals surface area contributed by atoms with Crippen LogP contribution in [0.4, 0.5) is 0 Å². The molecule has 5 saturated carbocycles. The van der Waals surface area contributed by atoms with Crippen molar-refractivity contribution in [3.63, 3.8) is 0 Å². The Kier molecular flexibility index (Phi) is 8.71. The molecule has 256 valence electrons. The molecule has 0 aromatic carbocycles. The number of aliphatic hydroxyl groups is 3. The summed E-state index contributed by atoms with van der Waals surface area (Å²) in [5.41, 5.74) is 1.99. The predicted octanol–water partition coefficient (Wildman–Crippen LogP) is 6.42. The van der Waals surface area contributed by atoms with E-state index in [4.69, 9.17) is 14.2 Å². The predicted molar refractivity (Wildman–Crippen MR) is 173 cm³/mol. The van der Waals surface area contributed by atoms with Crippen LogP contribution in [0.1, 0.15) is 119 Å². The van der Waals surface area contributed by atoms with E-state index in [0.29, 0.717) is 36.2 Å². The first-order chi connectivity index (χ1) is 21.0. The maximum atomic E-state index is 12.0. The van der Waals surface area contributed by atoms with Crippen molar-refractivity contribution >= 4 is 5.97 Å². The Balaban J connectivity index is 1.27. The smallest absolute Gasteiger partial charge is 0.302 e. The van der Waals surface area contributed by atoms with Crippen LogP contribution in [0.3, 0.4) is 0 Å². The molecule has 45 heavy (non-hydrogen) atoms. The molecule has 0 bridgehead atoms. The number of hydrogen-bond donors (Lipinski definition) is 3. The van der Waals surface area contributed by atoms with Gasteiger partial charge in [0.05, 0.1) is 19.3 Å². The first-order valence-electron chi connectivity index (χ1n) is 18.1. The maximum absolute atomic E-state index is 12.0. The summed E-state index contributed by atoms with van der Waals surface area (Å²) in [5, 5.41) is 30.4. The van der Waals surface area contributed by atoms with Crippen molar-refractivity contribution in [3.8, 4) is 0 Å². The Bertz CT molecular complexity index is 1150. The molecule has 6 aliphatic rings. The quantitative estimate of drug-likeness (QED) is 0.230. The van der Waals surface area contributed by atoms with E-state index in [1.807, 2.05) is 0 Å².